The lowest BCUT2D eigenvalue weighted by Gasteiger charge is -2.52. The second kappa shape index (κ2) is 5.69. The van der Waals surface area contributed by atoms with Crippen molar-refractivity contribution in [3.05, 3.63) is 27.7 Å². The quantitative estimate of drug-likeness (QED) is 0.843. The Balaban J connectivity index is 1.79. The molecule has 21 heavy (non-hydrogen) atoms. The molecule has 1 spiro atoms. The van der Waals surface area contributed by atoms with Crippen molar-refractivity contribution in [1.29, 1.82) is 0 Å². The molecule has 0 radical (unpaired) electrons. The van der Waals surface area contributed by atoms with Crippen LogP contribution in [0.5, 0.6) is 0 Å². The molecular weight excluding hydrogens is 309 g/mol. The van der Waals surface area contributed by atoms with Crippen molar-refractivity contribution in [3.63, 3.8) is 0 Å². The third kappa shape index (κ3) is 2.86. The van der Waals surface area contributed by atoms with E-state index >= 15 is 0 Å². The minimum atomic E-state index is -1.01. The number of rotatable bonds is 2. The fraction of sp³-hybridized carbons (Fsp3) is 0.562. The van der Waals surface area contributed by atoms with Gasteiger partial charge in [0.15, 0.2) is 0 Å². The van der Waals surface area contributed by atoms with E-state index in [0.29, 0.717) is 15.5 Å². The smallest absolute Gasteiger partial charge is 0.335 e. The maximum Gasteiger partial charge on any atom is 0.335 e. The first-order valence-corrected chi connectivity index (χ1v) is 8.24. The van der Waals surface area contributed by atoms with Gasteiger partial charge in [-0.05, 0) is 25.0 Å². The van der Waals surface area contributed by atoms with Gasteiger partial charge in [-0.3, -0.25) is 0 Å². The van der Waals surface area contributed by atoms with Crippen molar-refractivity contribution in [3.8, 4) is 0 Å². The highest BCUT2D eigenvalue weighted by atomic mass is 35.5. The molecule has 1 saturated heterocycles. The number of hydrogen-bond acceptors (Lipinski definition) is 2. The Hall–Kier alpha value is -0.930. The molecule has 2 fully saturated rings. The lowest BCUT2D eigenvalue weighted by molar-refractivity contribution is 0.0697. The molecule has 0 bridgehead atoms. The largest absolute Gasteiger partial charge is 0.478 e. The highest BCUT2D eigenvalue weighted by Crippen LogP contribution is 2.48. The van der Waals surface area contributed by atoms with Crippen molar-refractivity contribution < 1.29 is 9.90 Å². The first kappa shape index (κ1) is 15.0. The van der Waals surface area contributed by atoms with Gasteiger partial charge in [0.05, 0.1) is 21.3 Å². The molecule has 1 aliphatic heterocycles. The molecule has 3 nitrogen and oxygen atoms in total. The van der Waals surface area contributed by atoms with E-state index in [9.17, 15) is 4.79 Å². The zero-order valence-corrected chi connectivity index (χ0v) is 13.4. The van der Waals surface area contributed by atoms with Gasteiger partial charge in [-0.1, -0.05) is 48.9 Å². The van der Waals surface area contributed by atoms with Crippen LogP contribution < -0.4 is 4.90 Å². The van der Waals surface area contributed by atoms with Gasteiger partial charge in [-0.15, -0.1) is 0 Å². The molecule has 2 aliphatic rings. The summed E-state index contributed by atoms with van der Waals surface area (Å²) in [5.74, 6) is -1.01. The minimum Gasteiger partial charge on any atom is -0.478 e. The van der Waals surface area contributed by atoms with Crippen LogP contribution in [0.1, 0.15) is 48.9 Å². The van der Waals surface area contributed by atoms with Crippen LogP contribution in [0.4, 0.5) is 5.69 Å². The average molecular weight is 328 g/mol. The maximum atomic E-state index is 11.0. The number of anilines is 1. The second-order valence-electron chi connectivity index (χ2n) is 6.36. The first-order valence-electron chi connectivity index (χ1n) is 7.48. The number of carboxylic acid groups (broad SMARTS) is 1. The summed E-state index contributed by atoms with van der Waals surface area (Å²) >= 11 is 12.5. The van der Waals surface area contributed by atoms with E-state index in [4.69, 9.17) is 28.3 Å². The zero-order chi connectivity index (χ0) is 15.0. The van der Waals surface area contributed by atoms with Gasteiger partial charge in [0.25, 0.3) is 0 Å². The van der Waals surface area contributed by atoms with Gasteiger partial charge in [0.1, 0.15) is 0 Å². The van der Waals surface area contributed by atoms with Crippen LogP contribution in [0.25, 0.3) is 0 Å². The van der Waals surface area contributed by atoms with Crippen molar-refractivity contribution >= 4 is 34.9 Å². The van der Waals surface area contributed by atoms with Crippen LogP contribution in [-0.4, -0.2) is 24.2 Å². The van der Waals surface area contributed by atoms with Crippen molar-refractivity contribution in [2.75, 3.05) is 18.0 Å². The Morgan fingerprint density at radius 1 is 1.05 bits per heavy atom. The van der Waals surface area contributed by atoms with Gasteiger partial charge in [-0.25, -0.2) is 4.79 Å². The lowest BCUT2D eigenvalue weighted by atomic mass is 9.73. The van der Waals surface area contributed by atoms with E-state index in [1.165, 1.54) is 50.7 Å². The number of nitrogens with zero attached hydrogens (tertiary/aromatic N) is 1. The summed E-state index contributed by atoms with van der Waals surface area (Å²) in [6.07, 6.45) is 7.88. The molecule has 0 atom stereocenters. The van der Waals surface area contributed by atoms with E-state index < -0.39 is 5.97 Å². The van der Waals surface area contributed by atoms with Crippen molar-refractivity contribution in [2.24, 2.45) is 5.41 Å². The monoisotopic (exact) mass is 327 g/mol. The predicted molar refractivity (Wildman–Crippen MR) is 85.8 cm³/mol. The number of benzene rings is 1. The first-order chi connectivity index (χ1) is 10.0. The molecule has 3 rings (SSSR count). The van der Waals surface area contributed by atoms with Crippen molar-refractivity contribution in [2.45, 2.75) is 38.5 Å². The van der Waals surface area contributed by atoms with Gasteiger partial charge < -0.3 is 10.0 Å². The summed E-state index contributed by atoms with van der Waals surface area (Å²) in [5, 5.41) is 9.90. The van der Waals surface area contributed by atoms with Crippen molar-refractivity contribution in [1.82, 2.24) is 0 Å². The van der Waals surface area contributed by atoms with Crippen LogP contribution in [0, 0.1) is 5.41 Å². The minimum absolute atomic E-state index is 0.137. The highest BCUT2D eigenvalue weighted by molar-refractivity contribution is 6.39. The summed E-state index contributed by atoms with van der Waals surface area (Å²) in [7, 11) is 0. The molecule has 1 saturated carbocycles. The highest BCUT2D eigenvalue weighted by Gasteiger charge is 2.43. The van der Waals surface area contributed by atoms with Gasteiger partial charge in [-0.2, -0.15) is 0 Å². The number of carbonyl (C=O) groups is 1. The molecule has 0 unspecified atom stereocenters. The molecule has 0 amide bonds. The van der Waals surface area contributed by atoms with E-state index in [2.05, 4.69) is 4.90 Å². The number of carboxylic acids is 1. The van der Waals surface area contributed by atoms with Gasteiger partial charge >= 0.3 is 5.97 Å². The Morgan fingerprint density at radius 3 is 2.05 bits per heavy atom. The second-order valence-corrected chi connectivity index (χ2v) is 7.18. The summed E-state index contributed by atoms with van der Waals surface area (Å²) in [5.41, 5.74) is 1.35. The lowest BCUT2D eigenvalue weighted by Crippen LogP contribution is -2.56. The number of halogens is 2. The van der Waals surface area contributed by atoms with Crippen LogP contribution in [-0.2, 0) is 0 Å². The Morgan fingerprint density at radius 2 is 1.57 bits per heavy atom. The molecule has 5 heteroatoms. The van der Waals surface area contributed by atoms with Gasteiger partial charge in [0.2, 0.25) is 0 Å². The van der Waals surface area contributed by atoms with E-state index in [0.717, 1.165) is 18.8 Å². The molecule has 114 valence electrons. The Kier molecular flexibility index (Phi) is 4.06. The summed E-state index contributed by atoms with van der Waals surface area (Å²) in [6.45, 7) is 1.97. The van der Waals surface area contributed by atoms with Crippen LogP contribution in [0.15, 0.2) is 12.1 Å². The maximum absolute atomic E-state index is 11.0. The van der Waals surface area contributed by atoms with E-state index in [1.807, 2.05) is 0 Å². The van der Waals surface area contributed by atoms with Gasteiger partial charge in [0, 0.05) is 18.5 Å². The molecule has 0 aromatic heterocycles. The third-order valence-electron chi connectivity index (χ3n) is 4.80. The van der Waals surface area contributed by atoms with Crippen LogP contribution >= 0.6 is 23.2 Å². The average Bonchev–Trinajstić information content (AvgIpc) is 2.63. The third-order valence-corrected chi connectivity index (χ3v) is 5.37. The molecule has 1 N–H and O–H groups in total. The van der Waals surface area contributed by atoms with Crippen LogP contribution in [0.3, 0.4) is 0 Å². The van der Waals surface area contributed by atoms with E-state index in [-0.39, 0.29) is 5.56 Å². The normalized spacial score (nSPS) is 21.0. The summed E-state index contributed by atoms with van der Waals surface area (Å²) in [6, 6.07) is 2.98. The summed E-state index contributed by atoms with van der Waals surface area (Å²) in [4.78, 5) is 13.2. The molecule has 1 aromatic carbocycles. The molecule has 1 aromatic rings. The molecule has 1 heterocycles. The van der Waals surface area contributed by atoms with Crippen LogP contribution in [0.2, 0.25) is 10.0 Å². The fourth-order valence-electron chi connectivity index (χ4n) is 3.71. The predicted octanol–water partition coefficient (Wildman–Crippen LogP) is 4.85. The molecule has 1 aliphatic carbocycles. The number of aromatic carboxylic acids is 1. The Bertz CT molecular complexity index is 534. The Labute approximate surface area is 134 Å². The van der Waals surface area contributed by atoms with E-state index in [1.54, 1.807) is 0 Å². The SMILES string of the molecule is O=C(O)c1cc(Cl)c(N2CC3(CCCCCC3)C2)c(Cl)c1. The number of hydrogen-bond donors (Lipinski definition) is 1. The topological polar surface area (TPSA) is 40.5 Å². The standard InChI is InChI=1S/C16H19Cl2NO2/c17-12-7-11(15(20)21)8-13(18)14(12)19-9-16(10-19)5-3-1-2-4-6-16/h7-8H,1-6,9-10H2,(H,20,21). The molecular formula is C16H19Cl2NO2. The zero-order valence-electron chi connectivity index (χ0n) is 11.9. The fourth-order valence-corrected chi connectivity index (χ4v) is 4.43. The summed E-state index contributed by atoms with van der Waals surface area (Å²) < 4.78 is 0.